The van der Waals surface area contributed by atoms with Gasteiger partial charge in [-0.15, -0.1) is 11.8 Å². The zero-order valence-corrected chi connectivity index (χ0v) is 10.3. The minimum atomic E-state index is -0.183. The number of thioether (sulfide) groups is 1. The smallest absolute Gasteiger partial charge is 0.315 e. The minimum Gasteiger partial charge on any atom is -0.468 e. The van der Waals surface area contributed by atoms with Crippen LogP contribution in [-0.4, -0.2) is 48.0 Å². The highest BCUT2D eigenvalue weighted by Gasteiger charge is 2.36. The molecule has 1 atom stereocenters. The van der Waals surface area contributed by atoms with Crippen LogP contribution in [-0.2, 0) is 14.3 Å². The second-order valence-corrected chi connectivity index (χ2v) is 5.65. The van der Waals surface area contributed by atoms with E-state index in [-0.39, 0.29) is 5.97 Å². The summed E-state index contributed by atoms with van der Waals surface area (Å²) in [6.07, 6.45) is 3.13. The summed E-state index contributed by atoms with van der Waals surface area (Å²) >= 11 is 1.60. The lowest BCUT2D eigenvalue weighted by Crippen LogP contribution is -2.30. The summed E-state index contributed by atoms with van der Waals surface area (Å²) in [6, 6.07) is 0. The summed E-state index contributed by atoms with van der Waals surface area (Å²) in [5, 5.41) is 0.404. The number of esters is 1. The highest BCUT2D eigenvalue weighted by atomic mass is 32.2. The molecule has 16 heavy (non-hydrogen) atoms. The van der Waals surface area contributed by atoms with Crippen LogP contribution in [0.15, 0.2) is 0 Å². The van der Waals surface area contributed by atoms with Crippen LogP contribution < -0.4 is 0 Å². The van der Waals surface area contributed by atoms with Crippen molar-refractivity contribution in [2.24, 2.45) is 5.92 Å². The van der Waals surface area contributed by atoms with Crippen molar-refractivity contribution >= 4 is 23.6 Å². The maximum atomic E-state index is 11.8. The van der Waals surface area contributed by atoms with Crippen molar-refractivity contribution in [1.29, 1.82) is 0 Å². The van der Waals surface area contributed by atoms with E-state index in [1.54, 1.807) is 11.8 Å². The number of methoxy groups -OCH3 is 1. The van der Waals surface area contributed by atoms with E-state index in [4.69, 9.17) is 0 Å². The number of hydrogen-bond acceptors (Lipinski definition) is 4. The first-order valence-electron chi connectivity index (χ1n) is 5.68. The SMILES string of the molecule is COC(=O)CS[C@@H]1CCN(C(=O)C2CC2)C1. The first-order chi connectivity index (χ1) is 7.70. The summed E-state index contributed by atoms with van der Waals surface area (Å²) in [4.78, 5) is 24.7. The number of nitrogens with zero attached hydrogens (tertiary/aromatic N) is 1. The third kappa shape index (κ3) is 2.90. The van der Waals surface area contributed by atoms with E-state index in [0.29, 0.717) is 22.8 Å². The fourth-order valence-corrected chi connectivity index (χ4v) is 2.94. The van der Waals surface area contributed by atoms with Crippen LogP contribution in [0.2, 0.25) is 0 Å². The Morgan fingerprint density at radius 3 is 2.75 bits per heavy atom. The largest absolute Gasteiger partial charge is 0.468 e. The summed E-state index contributed by atoms with van der Waals surface area (Å²) in [7, 11) is 1.40. The molecule has 90 valence electrons. The fraction of sp³-hybridized carbons (Fsp3) is 0.818. The van der Waals surface area contributed by atoms with E-state index in [2.05, 4.69) is 4.74 Å². The number of carbonyl (C=O) groups is 2. The van der Waals surface area contributed by atoms with Crippen molar-refractivity contribution in [3.8, 4) is 0 Å². The van der Waals surface area contributed by atoms with E-state index >= 15 is 0 Å². The molecule has 1 heterocycles. The molecule has 1 amide bonds. The summed E-state index contributed by atoms with van der Waals surface area (Å²) in [5.41, 5.74) is 0. The summed E-state index contributed by atoms with van der Waals surface area (Å²) < 4.78 is 4.59. The molecule has 0 aromatic rings. The molecule has 0 spiro atoms. The fourth-order valence-electron chi connectivity index (χ4n) is 1.90. The van der Waals surface area contributed by atoms with Gasteiger partial charge in [0.25, 0.3) is 0 Å². The molecule has 2 aliphatic rings. The van der Waals surface area contributed by atoms with Crippen LogP contribution in [0.4, 0.5) is 0 Å². The second-order valence-electron chi connectivity index (χ2n) is 4.36. The van der Waals surface area contributed by atoms with Crippen molar-refractivity contribution in [2.75, 3.05) is 26.0 Å². The Balaban J connectivity index is 1.70. The molecule has 2 fully saturated rings. The number of ether oxygens (including phenoxy) is 1. The predicted octanol–water partition coefficient (Wildman–Crippen LogP) is 0.903. The molecule has 1 saturated heterocycles. The van der Waals surface area contributed by atoms with Crippen LogP contribution in [0.5, 0.6) is 0 Å². The molecule has 4 nitrogen and oxygen atoms in total. The van der Waals surface area contributed by atoms with Gasteiger partial charge in [-0.05, 0) is 19.3 Å². The van der Waals surface area contributed by atoms with Crippen LogP contribution in [0, 0.1) is 5.92 Å². The van der Waals surface area contributed by atoms with Gasteiger partial charge in [-0.1, -0.05) is 0 Å². The Bertz CT molecular complexity index is 291. The lowest BCUT2D eigenvalue weighted by atomic mass is 10.3. The van der Waals surface area contributed by atoms with Gasteiger partial charge in [-0.3, -0.25) is 9.59 Å². The third-order valence-electron chi connectivity index (χ3n) is 3.05. The Hall–Kier alpha value is -0.710. The molecule has 0 radical (unpaired) electrons. The van der Waals surface area contributed by atoms with Gasteiger partial charge in [-0.25, -0.2) is 0 Å². The van der Waals surface area contributed by atoms with Gasteiger partial charge in [0.1, 0.15) is 0 Å². The zero-order chi connectivity index (χ0) is 11.5. The first kappa shape index (κ1) is 11.8. The number of amides is 1. The van der Waals surface area contributed by atoms with Crippen molar-refractivity contribution in [2.45, 2.75) is 24.5 Å². The van der Waals surface area contributed by atoms with E-state index in [0.717, 1.165) is 32.4 Å². The average molecular weight is 243 g/mol. The molecular formula is C11H17NO3S. The first-order valence-corrected chi connectivity index (χ1v) is 6.73. The van der Waals surface area contributed by atoms with E-state index < -0.39 is 0 Å². The predicted molar refractivity (Wildman–Crippen MR) is 62.2 cm³/mol. The van der Waals surface area contributed by atoms with Crippen molar-refractivity contribution in [3.05, 3.63) is 0 Å². The van der Waals surface area contributed by atoms with Crippen molar-refractivity contribution in [3.63, 3.8) is 0 Å². The van der Waals surface area contributed by atoms with E-state index in [1.807, 2.05) is 4.90 Å². The Kier molecular flexibility index (Phi) is 3.74. The number of likely N-dealkylation sites (tertiary alicyclic amines) is 1. The van der Waals surface area contributed by atoms with Crippen molar-refractivity contribution in [1.82, 2.24) is 4.90 Å². The van der Waals surface area contributed by atoms with Gasteiger partial charge in [0.2, 0.25) is 5.91 Å². The molecule has 0 bridgehead atoms. The zero-order valence-electron chi connectivity index (χ0n) is 9.48. The Morgan fingerprint density at radius 1 is 1.38 bits per heavy atom. The Labute approximate surface area is 99.7 Å². The van der Waals surface area contributed by atoms with Gasteiger partial charge in [0.05, 0.1) is 12.9 Å². The second kappa shape index (κ2) is 5.08. The molecule has 1 aliphatic heterocycles. The van der Waals surface area contributed by atoms with E-state index in [9.17, 15) is 9.59 Å². The molecule has 0 aromatic carbocycles. The van der Waals surface area contributed by atoms with E-state index in [1.165, 1.54) is 7.11 Å². The molecule has 2 rings (SSSR count). The molecule has 0 unspecified atom stereocenters. The van der Waals surface area contributed by atoms with Gasteiger partial charge in [0.15, 0.2) is 0 Å². The highest BCUT2D eigenvalue weighted by molar-refractivity contribution is 8.00. The lowest BCUT2D eigenvalue weighted by molar-refractivity contribution is -0.137. The standard InChI is InChI=1S/C11H17NO3S/c1-15-10(13)7-16-9-4-5-12(6-9)11(14)8-2-3-8/h8-9H,2-7H2,1H3/t9-/m1/s1. The van der Waals surface area contributed by atoms with Crippen LogP contribution in [0.1, 0.15) is 19.3 Å². The average Bonchev–Trinajstić information content (AvgIpc) is 3.04. The van der Waals surface area contributed by atoms with Gasteiger partial charge < -0.3 is 9.64 Å². The number of carbonyl (C=O) groups excluding carboxylic acids is 2. The molecule has 5 heteroatoms. The molecule has 1 saturated carbocycles. The Morgan fingerprint density at radius 2 is 2.12 bits per heavy atom. The van der Waals surface area contributed by atoms with Crippen molar-refractivity contribution < 1.29 is 14.3 Å². The van der Waals surface area contributed by atoms with Crippen LogP contribution in [0.25, 0.3) is 0 Å². The molecular weight excluding hydrogens is 226 g/mol. The topological polar surface area (TPSA) is 46.6 Å². The molecule has 0 aromatic heterocycles. The quantitative estimate of drug-likeness (QED) is 0.688. The lowest BCUT2D eigenvalue weighted by Gasteiger charge is -2.15. The molecule has 0 N–H and O–H groups in total. The third-order valence-corrected chi connectivity index (χ3v) is 4.31. The maximum Gasteiger partial charge on any atom is 0.315 e. The van der Waals surface area contributed by atoms with Crippen LogP contribution in [0.3, 0.4) is 0 Å². The number of rotatable bonds is 4. The van der Waals surface area contributed by atoms with Gasteiger partial charge in [0, 0.05) is 24.3 Å². The summed E-state index contributed by atoms with van der Waals surface area (Å²) in [6.45, 7) is 1.66. The van der Waals surface area contributed by atoms with Crippen LogP contribution >= 0.6 is 11.8 Å². The minimum absolute atomic E-state index is 0.183. The summed E-state index contributed by atoms with van der Waals surface area (Å²) in [5.74, 6) is 0.842. The normalized spacial score (nSPS) is 24.6. The highest BCUT2D eigenvalue weighted by Crippen LogP contribution is 2.33. The molecule has 1 aliphatic carbocycles. The van der Waals surface area contributed by atoms with Gasteiger partial charge in [-0.2, -0.15) is 0 Å². The maximum absolute atomic E-state index is 11.8. The number of hydrogen-bond donors (Lipinski definition) is 0. The monoisotopic (exact) mass is 243 g/mol. The van der Waals surface area contributed by atoms with Gasteiger partial charge >= 0.3 is 5.97 Å².